The zero-order chi connectivity index (χ0) is 64.3. The van der Waals surface area contributed by atoms with E-state index in [0.29, 0.717) is 154 Å². The lowest BCUT2D eigenvalue weighted by atomic mass is 9.57. The highest BCUT2D eigenvalue weighted by Gasteiger charge is 2.50. The lowest BCUT2D eigenvalue weighted by Gasteiger charge is -2.52. The number of nitrogens with two attached hydrogens (primary N) is 1. The fraction of sp³-hybridized carbons (Fsp3) is 0.708. The molecule has 2 amide bonds. The second kappa shape index (κ2) is 37.3. The molecule has 1 spiro atoms. The first-order chi connectivity index (χ1) is 44.2. The minimum absolute atomic E-state index is 0.0484. The Kier molecular flexibility index (Phi) is 29.3. The summed E-state index contributed by atoms with van der Waals surface area (Å²) < 4.78 is 119. The summed E-state index contributed by atoms with van der Waals surface area (Å²) >= 11 is 0. The van der Waals surface area contributed by atoms with Crippen molar-refractivity contribution in [1.82, 2.24) is 29.9 Å². The van der Waals surface area contributed by atoms with Crippen LogP contribution in [-0.4, -0.2) is 204 Å². The van der Waals surface area contributed by atoms with Crippen LogP contribution in [0.3, 0.4) is 0 Å². The summed E-state index contributed by atoms with van der Waals surface area (Å²) in [5.74, 6) is -0.417. The molecular weight excluding hydrogens is 1190 g/mol. The Bertz CT molecular complexity index is 2710. The third-order valence-corrected chi connectivity index (χ3v) is 18.2. The van der Waals surface area contributed by atoms with Gasteiger partial charge in [0.05, 0.1) is 112 Å². The number of esters is 1. The second-order valence-electron chi connectivity index (χ2n) is 24.5. The molecule has 4 heterocycles. The van der Waals surface area contributed by atoms with Crippen LogP contribution in [0, 0.1) is 35.7 Å². The molecule has 2 bridgehead atoms. The minimum Gasteiger partial charge on any atom is -0.420 e. The van der Waals surface area contributed by atoms with Gasteiger partial charge in [0.2, 0.25) is 23.5 Å². The molecule has 91 heavy (non-hydrogen) atoms. The SMILES string of the molecule is Cc1nnc(C2CC3(CCN(C(=O)CCC/C(C=[NH+]CCOCCOCCOCCOCCOCCOCCOCCOCCC(=O)Oc4c(F)cc(F)cc4F)=N/N)CC3)C2)n1C1CC2CCC(C1)N2CC[C@H](NC(=O)C1CCC(F)(F)CC1)c1ccccc1. The van der Waals surface area contributed by atoms with Crippen LogP contribution < -0.4 is 20.9 Å². The van der Waals surface area contributed by atoms with Gasteiger partial charge in [-0.3, -0.25) is 19.3 Å². The first kappa shape index (κ1) is 71.3. The molecule has 4 N–H and O–H groups in total. The molecule has 21 nitrogen and oxygen atoms in total. The van der Waals surface area contributed by atoms with Crippen LogP contribution >= 0.6 is 0 Å². The Morgan fingerprint density at radius 2 is 1.24 bits per heavy atom. The van der Waals surface area contributed by atoms with E-state index < -0.39 is 35.1 Å². The maximum atomic E-state index is 13.9. The number of carbonyl (C=O) groups is 3. The van der Waals surface area contributed by atoms with Crippen LogP contribution in [0.15, 0.2) is 47.6 Å². The highest BCUT2D eigenvalue weighted by atomic mass is 19.3. The Labute approximate surface area is 530 Å². The molecule has 8 rings (SSSR count). The number of nitrogens with zero attached hydrogens (tertiary/aromatic N) is 6. The highest BCUT2D eigenvalue weighted by molar-refractivity contribution is 6.28. The number of hydrogen-bond acceptors (Lipinski definition) is 17. The summed E-state index contributed by atoms with van der Waals surface area (Å²) in [5, 5.41) is 16.7. The molecule has 5 fully saturated rings. The maximum absolute atomic E-state index is 13.9. The number of hydrogen-bond donors (Lipinski definition) is 3. The van der Waals surface area contributed by atoms with Gasteiger partial charge in [0.25, 0.3) is 0 Å². The number of nitrogens with one attached hydrogen (secondary N) is 2. The largest absolute Gasteiger partial charge is 0.420 e. The first-order valence-electron chi connectivity index (χ1n) is 32.7. The Morgan fingerprint density at radius 3 is 1.79 bits per heavy atom. The smallest absolute Gasteiger partial charge is 0.313 e. The Hall–Kier alpha value is -5.58. The van der Waals surface area contributed by atoms with Crippen LogP contribution in [0.25, 0.3) is 0 Å². The fourth-order valence-corrected chi connectivity index (χ4v) is 13.3. The van der Waals surface area contributed by atoms with Crippen molar-refractivity contribution >= 4 is 29.7 Å². The van der Waals surface area contributed by atoms with Crippen molar-refractivity contribution in [3.8, 4) is 5.75 Å². The zero-order valence-electron chi connectivity index (χ0n) is 52.8. The summed E-state index contributed by atoms with van der Waals surface area (Å²) in [6.07, 6.45) is 12.5. The highest BCUT2D eigenvalue weighted by Crippen LogP contribution is 2.57. The van der Waals surface area contributed by atoms with Gasteiger partial charge in [-0.2, -0.15) is 5.10 Å². The summed E-state index contributed by atoms with van der Waals surface area (Å²) in [7, 11) is 0. The van der Waals surface area contributed by atoms with Crippen molar-refractivity contribution in [2.24, 2.45) is 22.3 Å². The molecule has 26 heteroatoms. The van der Waals surface area contributed by atoms with Crippen molar-refractivity contribution in [1.29, 1.82) is 0 Å². The van der Waals surface area contributed by atoms with Gasteiger partial charge < -0.3 is 63.3 Å². The van der Waals surface area contributed by atoms with E-state index in [-0.39, 0.29) is 81.1 Å². The minimum atomic E-state index is -2.67. The monoisotopic (exact) mass is 1290 g/mol. The van der Waals surface area contributed by atoms with Crippen molar-refractivity contribution in [3.63, 3.8) is 0 Å². The van der Waals surface area contributed by atoms with Gasteiger partial charge in [-0.1, -0.05) is 30.3 Å². The van der Waals surface area contributed by atoms with Gasteiger partial charge in [-0.25, -0.2) is 26.9 Å². The third kappa shape index (κ3) is 22.9. The van der Waals surface area contributed by atoms with E-state index in [4.69, 9.17) is 48.8 Å². The first-order valence-corrected chi connectivity index (χ1v) is 32.7. The number of alkyl halides is 2. The van der Waals surface area contributed by atoms with Crippen molar-refractivity contribution in [3.05, 3.63) is 77.1 Å². The molecule has 2 saturated carbocycles. The molecule has 506 valence electrons. The second-order valence-corrected chi connectivity index (χ2v) is 24.5. The average molecular weight is 1290 g/mol. The maximum Gasteiger partial charge on any atom is 0.313 e. The molecule has 3 aliphatic heterocycles. The number of benzene rings is 2. The van der Waals surface area contributed by atoms with Crippen LogP contribution in [0.4, 0.5) is 22.0 Å². The summed E-state index contributed by atoms with van der Waals surface area (Å²) in [4.78, 5) is 46.4. The fourth-order valence-electron chi connectivity index (χ4n) is 13.3. The number of hydrazone groups is 1. The zero-order valence-corrected chi connectivity index (χ0v) is 52.8. The quantitative estimate of drug-likeness (QED) is 0.0105. The normalized spacial score (nSPS) is 20.6. The predicted octanol–water partition coefficient (Wildman–Crippen LogP) is 6.50. The molecule has 3 saturated heterocycles. The van der Waals surface area contributed by atoms with E-state index in [1.165, 1.54) is 0 Å². The standard InChI is InChI=1S/C65H94F5N9O12/c1-47-75-76-62(79(47)55-42-53-10-11-54(43-55)78(53)21-14-58(48-6-3-2-4-7-48)73-63(82)49-12-16-65(69,70)17-13-49)50-44-64(45-50)18-22-77(23-19-64)59(80)9-5-8-52(74-71)46-72-20-25-84-27-29-86-31-33-88-35-37-90-39-38-89-36-34-87-32-30-85-28-26-83-24-15-60(81)91-61-56(67)40-51(66)41-57(61)68/h2-4,6-7,40-41,46,49-50,53-55,58H,5,8-39,42-45,71H2,1H3,(H,73,82)/p+1/b72-46?,74-52-/t53?,54?,55?,58-/m0/s1. The Balaban J connectivity index is 0.578. The number of aryl methyl sites for hydroxylation is 1. The van der Waals surface area contributed by atoms with Gasteiger partial charge in [-0.15, -0.1) is 10.2 Å². The molecule has 5 aliphatic rings. The van der Waals surface area contributed by atoms with E-state index in [1.807, 2.05) is 23.1 Å². The molecule has 0 radical (unpaired) electrons. The lowest BCUT2D eigenvalue weighted by Crippen LogP contribution is -2.71. The molecule has 2 aromatic carbocycles. The van der Waals surface area contributed by atoms with E-state index in [0.717, 1.165) is 94.6 Å². The Morgan fingerprint density at radius 1 is 0.703 bits per heavy atom. The number of piperidine rings is 2. The number of amides is 2. The van der Waals surface area contributed by atoms with E-state index in [1.54, 1.807) is 6.21 Å². The molecular formula is C65H95F5N9O12+. The van der Waals surface area contributed by atoms with E-state index >= 15 is 0 Å². The van der Waals surface area contributed by atoms with Crippen LogP contribution in [0.2, 0.25) is 0 Å². The third-order valence-electron chi connectivity index (χ3n) is 18.2. The summed E-state index contributed by atoms with van der Waals surface area (Å²) in [5.41, 5.74) is 1.97. The van der Waals surface area contributed by atoms with Gasteiger partial charge in [-0.05, 0) is 101 Å². The van der Waals surface area contributed by atoms with E-state index in [2.05, 4.69) is 53.8 Å². The number of halogens is 5. The molecule has 3 aromatic rings. The summed E-state index contributed by atoms with van der Waals surface area (Å²) in [6, 6.07) is 12.0. The molecule has 3 atom stereocenters. The van der Waals surface area contributed by atoms with Gasteiger partial charge >= 0.3 is 5.97 Å². The number of fused-ring (bicyclic) bond motifs is 2. The van der Waals surface area contributed by atoms with Crippen LogP contribution in [-0.2, 0) is 52.3 Å². The van der Waals surface area contributed by atoms with Gasteiger partial charge in [0.1, 0.15) is 29.8 Å². The van der Waals surface area contributed by atoms with Crippen molar-refractivity contribution in [2.45, 2.75) is 152 Å². The molecule has 1 aromatic heterocycles. The van der Waals surface area contributed by atoms with E-state index in [9.17, 15) is 36.3 Å². The number of aromatic nitrogens is 3. The molecule has 2 unspecified atom stereocenters. The van der Waals surface area contributed by atoms with Crippen LogP contribution in [0.5, 0.6) is 5.75 Å². The number of rotatable bonds is 41. The van der Waals surface area contributed by atoms with Gasteiger partial charge in [0, 0.05) is 81.0 Å². The topological polar surface area (TPSA) is 236 Å². The number of likely N-dealkylation sites (tertiary alicyclic amines) is 1. The lowest BCUT2D eigenvalue weighted by molar-refractivity contribution is -0.454. The predicted molar refractivity (Wildman–Crippen MR) is 326 cm³/mol. The van der Waals surface area contributed by atoms with Gasteiger partial charge in [0.15, 0.2) is 24.4 Å². The van der Waals surface area contributed by atoms with Crippen molar-refractivity contribution in [2.75, 3.05) is 132 Å². The average Bonchev–Trinajstić information content (AvgIpc) is 1.74. The number of ether oxygens (including phenoxy) is 9. The number of carbonyl (C=O) groups excluding carboxylic acids is 3. The van der Waals surface area contributed by atoms with Crippen molar-refractivity contribution < 1.29 is 84.0 Å². The van der Waals surface area contributed by atoms with Crippen LogP contribution in [0.1, 0.15) is 144 Å². The molecule has 2 aliphatic carbocycles. The summed E-state index contributed by atoms with van der Waals surface area (Å²) in [6.45, 7) is 10.8.